The first-order chi connectivity index (χ1) is 8.65. The van der Waals surface area contributed by atoms with E-state index in [0.29, 0.717) is 32.2 Å². The zero-order valence-electron chi connectivity index (χ0n) is 10.1. The highest BCUT2D eigenvalue weighted by atomic mass is 16.6. The van der Waals surface area contributed by atoms with Gasteiger partial charge in [-0.05, 0) is 6.07 Å². The summed E-state index contributed by atoms with van der Waals surface area (Å²) in [5, 5.41) is 10.5. The number of nitro groups is 1. The second-order valence-electron chi connectivity index (χ2n) is 3.43. The molecule has 7 heteroatoms. The van der Waals surface area contributed by atoms with Crippen LogP contribution in [0.4, 0.5) is 11.4 Å². The Morgan fingerprint density at radius 1 is 1.28 bits per heavy atom. The molecule has 0 saturated heterocycles. The third-order valence-corrected chi connectivity index (χ3v) is 2.12. The molecule has 0 aliphatic carbocycles. The molecule has 0 saturated carbocycles. The molecule has 7 nitrogen and oxygen atoms in total. The van der Waals surface area contributed by atoms with Gasteiger partial charge in [-0.3, -0.25) is 10.1 Å². The van der Waals surface area contributed by atoms with Crippen LogP contribution in [0.5, 0.6) is 5.75 Å². The van der Waals surface area contributed by atoms with Crippen LogP contribution < -0.4 is 10.5 Å². The second kappa shape index (κ2) is 7.46. The molecule has 0 atom stereocenters. The van der Waals surface area contributed by atoms with E-state index in [1.54, 1.807) is 7.11 Å². The molecule has 100 valence electrons. The minimum atomic E-state index is -0.535. The van der Waals surface area contributed by atoms with Crippen molar-refractivity contribution in [2.24, 2.45) is 0 Å². The average molecular weight is 256 g/mol. The Morgan fingerprint density at radius 3 is 2.61 bits per heavy atom. The molecular weight excluding hydrogens is 240 g/mol. The molecule has 0 aliphatic rings. The molecule has 1 rings (SSSR count). The van der Waals surface area contributed by atoms with E-state index in [1.807, 2.05) is 0 Å². The highest BCUT2D eigenvalue weighted by molar-refractivity contribution is 5.60. The van der Waals surface area contributed by atoms with Crippen molar-refractivity contribution in [3.8, 4) is 5.75 Å². The number of hydrogen-bond donors (Lipinski definition) is 1. The van der Waals surface area contributed by atoms with E-state index in [4.69, 9.17) is 19.9 Å². The van der Waals surface area contributed by atoms with Crippen LogP contribution >= 0.6 is 0 Å². The Labute approximate surface area is 105 Å². The maximum absolute atomic E-state index is 10.5. The molecule has 0 amide bonds. The van der Waals surface area contributed by atoms with Crippen molar-refractivity contribution >= 4 is 11.4 Å². The molecule has 18 heavy (non-hydrogen) atoms. The number of ether oxygens (including phenoxy) is 3. The van der Waals surface area contributed by atoms with Gasteiger partial charge in [-0.25, -0.2) is 0 Å². The van der Waals surface area contributed by atoms with E-state index < -0.39 is 4.92 Å². The summed E-state index contributed by atoms with van der Waals surface area (Å²) in [7, 11) is 1.60. The SMILES string of the molecule is COCCOCCOc1ccc([N+](=O)[O-])c(N)c1. The van der Waals surface area contributed by atoms with Gasteiger partial charge in [0.2, 0.25) is 0 Å². The third kappa shape index (κ3) is 4.56. The standard InChI is InChI=1S/C11H16N2O5/c1-16-4-5-17-6-7-18-9-2-3-11(13(14)15)10(12)8-9/h2-3,8H,4-7,12H2,1H3. The Morgan fingerprint density at radius 2 is 2.00 bits per heavy atom. The second-order valence-corrected chi connectivity index (χ2v) is 3.43. The number of rotatable bonds is 8. The summed E-state index contributed by atoms with van der Waals surface area (Å²) in [6.07, 6.45) is 0. The van der Waals surface area contributed by atoms with Crippen molar-refractivity contribution in [2.45, 2.75) is 0 Å². The summed E-state index contributed by atoms with van der Waals surface area (Å²) in [4.78, 5) is 10.0. The number of hydrogen-bond acceptors (Lipinski definition) is 6. The maximum Gasteiger partial charge on any atom is 0.292 e. The topological polar surface area (TPSA) is 96.8 Å². The molecule has 1 aromatic rings. The lowest BCUT2D eigenvalue weighted by Gasteiger charge is -2.07. The molecule has 0 radical (unpaired) electrons. The monoisotopic (exact) mass is 256 g/mol. The summed E-state index contributed by atoms with van der Waals surface area (Å²) >= 11 is 0. The number of methoxy groups -OCH3 is 1. The van der Waals surface area contributed by atoms with E-state index in [9.17, 15) is 10.1 Å². The molecule has 0 spiro atoms. The summed E-state index contributed by atoms with van der Waals surface area (Å²) in [6, 6.07) is 4.24. The van der Waals surface area contributed by atoms with Gasteiger partial charge in [0.25, 0.3) is 5.69 Å². The van der Waals surface area contributed by atoms with Crippen molar-refractivity contribution in [3.05, 3.63) is 28.3 Å². The van der Waals surface area contributed by atoms with Gasteiger partial charge in [0.1, 0.15) is 18.0 Å². The Hall–Kier alpha value is -1.86. The molecule has 0 fully saturated rings. The fourth-order valence-electron chi connectivity index (χ4n) is 1.25. The number of nitrogens with two attached hydrogens (primary N) is 1. The van der Waals surface area contributed by atoms with Crippen LogP contribution in [0, 0.1) is 10.1 Å². The summed E-state index contributed by atoms with van der Waals surface area (Å²) < 4.78 is 15.3. The van der Waals surface area contributed by atoms with Gasteiger partial charge in [0.05, 0.1) is 24.7 Å². The highest BCUT2D eigenvalue weighted by Gasteiger charge is 2.11. The van der Waals surface area contributed by atoms with Gasteiger partial charge >= 0.3 is 0 Å². The van der Waals surface area contributed by atoms with Gasteiger partial charge in [-0.2, -0.15) is 0 Å². The number of benzene rings is 1. The molecule has 0 bridgehead atoms. The predicted molar refractivity (Wildman–Crippen MR) is 65.7 cm³/mol. The minimum Gasteiger partial charge on any atom is -0.491 e. The van der Waals surface area contributed by atoms with E-state index in [2.05, 4.69) is 0 Å². The van der Waals surface area contributed by atoms with Crippen molar-refractivity contribution in [1.82, 2.24) is 0 Å². The predicted octanol–water partition coefficient (Wildman–Crippen LogP) is 1.22. The quantitative estimate of drug-likeness (QED) is 0.325. The zero-order valence-corrected chi connectivity index (χ0v) is 10.1. The summed E-state index contributed by atoms with van der Waals surface area (Å²) in [6.45, 7) is 1.80. The lowest BCUT2D eigenvalue weighted by Crippen LogP contribution is -2.10. The van der Waals surface area contributed by atoms with Crippen molar-refractivity contribution in [3.63, 3.8) is 0 Å². The molecular formula is C11H16N2O5. The van der Waals surface area contributed by atoms with E-state index in [-0.39, 0.29) is 11.4 Å². The molecule has 0 aliphatic heterocycles. The van der Waals surface area contributed by atoms with E-state index in [0.717, 1.165) is 0 Å². The third-order valence-electron chi connectivity index (χ3n) is 2.12. The van der Waals surface area contributed by atoms with Crippen LogP contribution in [-0.4, -0.2) is 38.5 Å². The first-order valence-electron chi connectivity index (χ1n) is 5.38. The minimum absolute atomic E-state index is 0.0813. The van der Waals surface area contributed by atoms with Crippen LogP contribution in [0.2, 0.25) is 0 Å². The Balaban J connectivity index is 2.35. The van der Waals surface area contributed by atoms with Crippen molar-refractivity contribution < 1.29 is 19.1 Å². The first-order valence-corrected chi connectivity index (χ1v) is 5.38. The van der Waals surface area contributed by atoms with Crippen LogP contribution in [0.25, 0.3) is 0 Å². The highest BCUT2D eigenvalue weighted by Crippen LogP contribution is 2.25. The average Bonchev–Trinajstić information content (AvgIpc) is 2.33. The van der Waals surface area contributed by atoms with Crippen LogP contribution in [0.15, 0.2) is 18.2 Å². The smallest absolute Gasteiger partial charge is 0.292 e. The van der Waals surface area contributed by atoms with Gasteiger partial charge in [-0.1, -0.05) is 0 Å². The number of nitrogen functional groups attached to an aromatic ring is 1. The fourth-order valence-corrected chi connectivity index (χ4v) is 1.25. The van der Waals surface area contributed by atoms with Gasteiger partial charge in [-0.15, -0.1) is 0 Å². The zero-order chi connectivity index (χ0) is 13.4. The van der Waals surface area contributed by atoms with Crippen molar-refractivity contribution in [2.75, 3.05) is 39.3 Å². The maximum atomic E-state index is 10.5. The normalized spacial score (nSPS) is 10.3. The van der Waals surface area contributed by atoms with Gasteiger partial charge in [0.15, 0.2) is 0 Å². The van der Waals surface area contributed by atoms with Crippen LogP contribution in [0.3, 0.4) is 0 Å². The number of nitro benzene ring substituents is 1. The Bertz CT molecular complexity index is 397. The molecule has 0 heterocycles. The lowest BCUT2D eigenvalue weighted by atomic mass is 10.2. The number of anilines is 1. The van der Waals surface area contributed by atoms with Gasteiger partial charge < -0.3 is 19.9 Å². The largest absolute Gasteiger partial charge is 0.491 e. The van der Waals surface area contributed by atoms with Gasteiger partial charge in [0, 0.05) is 19.2 Å². The molecule has 1 aromatic carbocycles. The van der Waals surface area contributed by atoms with Crippen molar-refractivity contribution in [1.29, 1.82) is 0 Å². The lowest BCUT2D eigenvalue weighted by molar-refractivity contribution is -0.383. The van der Waals surface area contributed by atoms with Crippen LogP contribution in [-0.2, 0) is 9.47 Å². The summed E-state index contributed by atoms with van der Waals surface area (Å²) in [5.74, 6) is 0.480. The Kier molecular flexibility index (Phi) is 5.89. The van der Waals surface area contributed by atoms with E-state index in [1.165, 1.54) is 18.2 Å². The first kappa shape index (κ1) is 14.2. The fraction of sp³-hybridized carbons (Fsp3) is 0.455. The number of nitrogens with zero attached hydrogens (tertiary/aromatic N) is 1. The summed E-state index contributed by atoms with van der Waals surface area (Å²) in [5.41, 5.74) is 5.48. The van der Waals surface area contributed by atoms with E-state index >= 15 is 0 Å². The molecule has 0 unspecified atom stereocenters. The molecule has 0 aromatic heterocycles. The van der Waals surface area contributed by atoms with Crippen LogP contribution in [0.1, 0.15) is 0 Å². The molecule has 2 N–H and O–H groups in total.